The molecule has 0 radical (unpaired) electrons. The van der Waals surface area contributed by atoms with E-state index in [0.29, 0.717) is 11.5 Å². The number of aromatic nitrogens is 2. The number of hydrogen-bond acceptors (Lipinski definition) is 4. The molecule has 7 nitrogen and oxygen atoms in total. The number of benzene rings is 1. The summed E-state index contributed by atoms with van der Waals surface area (Å²) in [5.41, 5.74) is 0.809. The normalized spacial score (nSPS) is 15.1. The second kappa shape index (κ2) is 7.46. The molecule has 1 saturated heterocycles. The Hall–Kier alpha value is -2.70. The number of carbonyl (C=O) groups is 1. The lowest BCUT2D eigenvalue weighted by Crippen LogP contribution is -2.41. The molecule has 1 fully saturated rings. The topological polar surface area (TPSA) is 68.6 Å². The fourth-order valence-corrected chi connectivity index (χ4v) is 3.21. The van der Waals surface area contributed by atoms with Crippen molar-refractivity contribution >= 4 is 6.03 Å². The van der Waals surface area contributed by atoms with E-state index in [1.165, 1.54) is 0 Å². The predicted molar refractivity (Wildman–Crippen MR) is 93.9 cm³/mol. The van der Waals surface area contributed by atoms with Crippen molar-refractivity contribution in [2.75, 3.05) is 27.3 Å². The molecule has 0 saturated carbocycles. The monoisotopic (exact) mass is 344 g/mol. The molecular weight excluding hydrogens is 320 g/mol. The van der Waals surface area contributed by atoms with Crippen molar-refractivity contribution in [3.63, 3.8) is 0 Å². The highest BCUT2D eigenvalue weighted by Gasteiger charge is 2.28. The summed E-state index contributed by atoms with van der Waals surface area (Å²) in [6, 6.07) is 5.12. The minimum Gasteiger partial charge on any atom is -0.493 e. The number of hydrogen-bond donors (Lipinski definition) is 1. The van der Waals surface area contributed by atoms with Gasteiger partial charge in [0.1, 0.15) is 11.9 Å². The van der Waals surface area contributed by atoms with Gasteiger partial charge in [-0.3, -0.25) is 0 Å². The highest BCUT2D eigenvalue weighted by molar-refractivity contribution is 5.75. The quantitative estimate of drug-likeness (QED) is 0.904. The minimum absolute atomic E-state index is 0.0876. The molecule has 134 valence electrons. The van der Waals surface area contributed by atoms with Crippen LogP contribution in [0.25, 0.3) is 0 Å². The summed E-state index contributed by atoms with van der Waals surface area (Å²) in [7, 11) is 5.10. The van der Waals surface area contributed by atoms with Crippen LogP contribution in [0.4, 0.5) is 4.79 Å². The van der Waals surface area contributed by atoms with Crippen LogP contribution in [0.15, 0.2) is 30.6 Å². The molecule has 2 heterocycles. The molecule has 1 aliphatic rings. The third-order valence-corrected chi connectivity index (χ3v) is 4.52. The summed E-state index contributed by atoms with van der Waals surface area (Å²) in [4.78, 5) is 19.0. The van der Waals surface area contributed by atoms with Crippen molar-refractivity contribution < 1.29 is 14.3 Å². The lowest BCUT2D eigenvalue weighted by Gasteiger charge is -2.25. The molecule has 3 rings (SSSR count). The van der Waals surface area contributed by atoms with Crippen LogP contribution in [0, 0.1) is 0 Å². The number of carbonyl (C=O) groups excluding carboxylic acids is 1. The number of nitrogens with one attached hydrogen (secondary N) is 1. The molecule has 1 N–H and O–H groups in total. The second-order valence-electron chi connectivity index (χ2n) is 6.06. The van der Waals surface area contributed by atoms with E-state index in [2.05, 4.69) is 10.3 Å². The fourth-order valence-electron chi connectivity index (χ4n) is 3.21. The average Bonchev–Trinajstić information content (AvgIpc) is 3.30. The van der Waals surface area contributed by atoms with E-state index in [9.17, 15) is 4.79 Å². The molecule has 1 unspecified atom stereocenters. The molecule has 0 aliphatic carbocycles. The molecule has 1 aromatic heterocycles. The van der Waals surface area contributed by atoms with Crippen molar-refractivity contribution in [1.29, 1.82) is 0 Å². The highest BCUT2D eigenvalue weighted by Crippen LogP contribution is 2.36. The van der Waals surface area contributed by atoms with Crippen molar-refractivity contribution in [2.24, 2.45) is 7.05 Å². The lowest BCUT2D eigenvalue weighted by atomic mass is 10.0. The van der Waals surface area contributed by atoms with E-state index in [0.717, 1.165) is 37.3 Å². The largest absolute Gasteiger partial charge is 0.493 e. The van der Waals surface area contributed by atoms with Gasteiger partial charge < -0.3 is 24.3 Å². The molecule has 1 atom stereocenters. The number of rotatable bonds is 5. The predicted octanol–water partition coefficient (Wildman–Crippen LogP) is 2.33. The Bertz CT molecular complexity index is 738. The van der Waals surface area contributed by atoms with E-state index in [1.807, 2.05) is 40.9 Å². The van der Waals surface area contributed by atoms with Crippen LogP contribution in [-0.4, -0.2) is 47.8 Å². The maximum absolute atomic E-state index is 12.7. The van der Waals surface area contributed by atoms with Gasteiger partial charge >= 0.3 is 6.03 Å². The van der Waals surface area contributed by atoms with Crippen molar-refractivity contribution in [1.82, 2.24) is 19.8 Å². The van der Waals surface area contributed by atoms with Gasteiger partial charge in [-0.15, -0.1) is 0 Å². The minimum atomic E-state index is -0.432. The van der Waals surface area contributed by atoms with Crippen LogP contribution in [0.1, 0.15) is 30.3 Å². The summed E-state index contributed by atoms with van der Waals surface area (Å²) in [5, 5.41) is 3.11. The zero-order chi connectivity index (χ0) is 17.8. The molecule has 0 bridgehead atoms. The van der Waals surface area contributed by atoms with E-state index < -0.39 is 6.04 Å². The Morgan fingerprint density at radius 1 is 1.24 bits per heavy atom. The van der Waals surface area contributed by atoms with Gasteiger partial charge in [-0.1, -0.05) is 12.1 Å². The van der Waals surface area contributed by atoms with E-state index in [-0.39, 0.29) is 6.03 Å². The molecule has 2 amide bonds. The molecule has 1 aliphatic heterocycles. The first-order valence-electron chi connectivity index (χ1n) is 8.39. The van der Waals surface area contributed by atoms with Gasteiger partial charge in [0, 0.05) is 38.1 Å². The Kier molecular flexibility index (Phi) is 5.11. The Balaban J connectivity index is 2.00. The number of methoxy groups -OCH3 is 2. The van der Waals surface area contributed by atoms with Gasteiger partial charge in [-0.25, -0.2) is 9.78 Å². The van der Waals surface area contributed by atoms with Crippen LogP contribution >= 0.6 is 0 Å². The highest BCUT2D eigenvalue weighted by atomic mass is 16.5. The first kappa shape index (κ1) is 17.1. The Labute approximate surface area is 147 Å². The van der Waals surface area contributed by atoms with Crippen LogP contribution < -0.4 is 14.8 Å². The summed E-state index contributed by atoms with van der Waals surface area (Å²) in [6.45, 7) is 1.57. The Morgan fingerprint density at radius 2 is 2.00 bits per heavy atom. The number of likely N-dealkylation sites (tertiary alicyclic amines) is 1. The maximum atomic E-state index is 12.7. The third kappa shape index (κ3) is 3.40. The number of imidazole rings is 1. The van der Waals surface area contributed by atoms with Gasteiger partial charge in [0.15, 0.2) is 11.5 Å². The molecule has 25 heavy (non-hydrogen) atoms. The summed E-state index contributed by atoms with van der Waals surface area (Å²) in [6.07, 6.45) is 5.67. The lowest BCUT2D eigenvalue weighted by molar-refractivity contribution is 0.205. The number of aryl methyl sites for hydroxylation is 1. The van der Waals surface area contributed by atoms with Gasteiger partial charge in [0.05, 0.1) is 14.2 Å². The number of ether oxygens (including phenoxy) is 2. The fraction of sp³-hybridized carbons (Fsp3) is 0.444. The standard InChI is InChI=1S/C18H24N4O3/c1-21-12-9-19-17(21)15(20-18(23)22-10-4-5-11-22)13-7-6-8-14(24-2)16(13)25-3/h6-9,12,15H,4-5,10-11H2,1-3H3,(H,20,23). The van der Waals surface area contributed by atoms with E-state index in [4.69, 9.17) is 9.47 Å². The van der Waals surface area contributed by atoms with E-state index in [1.54, 1.807) is 20.4 Å². The van der Waals surface area contributed by atoms with Gasteiger partial charge in [0.2, 0.25) is 0 Å². The maximum Gasteiger partial charge on any atom is 0.318 e. The van der Waals surface area contributed by atoms with Crippen LogP contribution in [-0.2, 0) is 7.05 Å². The van der Waals surface area contributed by atoms with Crippen molar-refractivity contribution in [3.8, 4) is 11.5 Å². The summed E-state index contributed by atoms with van der Waals surface area (Å²) < 4.78 is 12.9. The first-order chi connectivity index (χ1) is 12.2. The van der Waals surface area contributed by atoms with Crippen molar-refractivity contribution in [2.45, 2.75) is 18.9 Å². The Morgan fingerprint density at radius 3 is 2.60 bits per heavy atom. The van der Waals surface area contributed by atoms with Crippen molar-refractivity contribution in [3.05, 3.63) is 42.0 Å². The van der Waals surface area contributed by atoms with Gasteiger partial charge in [-0.05, 0) is 18.9 Å². The molecule has 2 aromatic rings. The average molecular weight is 344 g/mol. The zero-order valence-electron chi connectivity index (χ0n) is 14.9. The number of para-hydroxylation sites is 1. The van der Waals surface area contributed by atoms with Crippen LogP contribution in [0.2, 0.25) is 0 Å². The third-order valence-electron chi connectivity index (χ3n) is 4.52. The van der Waals surface area contributed by atoms with Crippen LogP contribution in [0.5, 0.6) is 11.5 Å². The number of nitrogens with zero attached hydrogens (tertiary/aromatic N) is 3. The summed E-state index contributed by atoms with van der Waals surface area (Å²) >= 11 is 0. The van der Waals surface area contributed by atoms with Gasteiger partial charge in [0.25, 0.3) is 0 Å². The smallest absolute Gasteiger partial charge is 0.318 e. The molecule has 1 aromatic carbocycles. The summed E-state index contributed by atoms with van der Waals surface area (Å²) in [5.74, 6) is 1.95. The number of urea groups is 1. The SMILES string of the molecule is COc1cccc(C(NC(=O)N2CCCC2)c2nccn2C)c1OC. The van der Waals surface area contributed by atoms with Gasteiger partial charge in [-0.2, -0.15) is 0 Å². The molecular formula is C18H24N4O3. The molecule has 0 spiro atoms. The van der Waals surface area contributed by atoms with E-state index >= 15 is 0 Å². The zero-order valence-corrected chi connectivity index (χ0v) is 14.9. The number of amides is 2. The van der Waals surface area contributed by atoms with Crippen LogP contribution in [0.3, 0.4) is 0 Å². The first-order valence-corrected chi connectivity index (χ1v) is 8.39. The second-order valence-corrected chi connectivity index (χ2v) is 6.06. The molecule has 7 heteroatoms.